The molecule has 2 N–H and O–H groups in total. The summed E-state index contributed by atoms with van der Waals surface area (Å²) in [6.45, 7) is 14.4. The minimum absolute atomic E-state index is 0.403. The van der Waals surface area contributed by atoms with Crippen molar-refractivity contribution in [3.8, 4) is 0 Å². The third-order valence-electron chi connectivity index (χ3n) is 4.74. The lowest BCUT2D eigenvalue weighted by Gasteiger charge is -2.27. The number of ether oxygens (including phenoxy) is 1. The molecule has 158 valence electrons. The number of hydrogen-bond donors (Lipinski definition) is 2. The van der Waals surface area contributed by atoms with E-state index in [1.807, 2.05) is 32.9 Å². The molecule has 0 unspecified atom stereocenters. The van der Waals surface area contributed by atoms with E-state index in [0.29, 0.717) is 13.0 Å². The van der Waals surface area contributed by atoms with Crippen molar-refractivity contribution in [3.63, 3.8) is 0 Å². The molecule has 0 aliphatic carbocycles. The maximum absolute atomic E-state index is 11.7. The maximum atomic E-state index is 11.7. The molecule has 1 aromatic rings. The molecule has 0 bridgehead atoms. The highest BCUT2D eigenvalue weighted by molar-refractivity contribution is 5.69. The van der Waals surface area contributed by atoms with Crippen LogP contribution < -0.4 is 5.32 Å². The highest BCUT2D eigenvalue weighted by atomic mass is 16.6. The molecule has 0 radical (unpaired) electrons. The minimum Gasteiger partial charge on any atom is -0.444 e. The zero-order valence-electron chi connectivity index (χ0n) is 18.4. The van der Waals surface area contributed by atoms with Gasteiger partial charge in [-0.05, 0) is 69.6 Å². The standard InChI is InChI=1S/C24H39NO3/c1-7-14-24(27,15-8-2)16-12-20-10-9-11-21(18-20)19(3)13-17-25-22(26)28-23(4,5)6/h9-11,18,27H,3,7-8,12-17H2,1-2,4-6H3,(H,25,26). The molecule has 0 heterocycles. The van der Waals surface area contributed by atoms with Crippen LogP contribution in [0.25, 0.3) is 5.57 Å². The maximum Gasteiger partial charge on any atom is 0.407 e. The Bertz CT molecular complexity index is 625. The quantitative estimate of drug-likeness (QED) is 0.497. The van der Waals surface area contributed by atoms with E-state index in [-0.39, 0.29) is 0 Å². The van der Waals surface area contributed by atoms with E-state index in [4.69, 9.17) is 4.74 Å². The van der Waals surface area contributed by atoms with Crippen LogP contribution in [0.3, 0.4) is 0 Å². The number of rotatable bonds is 11. The van der Waals surface area contributed by atoms with E-state index in [9.17, 15) is 9.90 Å². The topological polar surface area (TPSA) is 58.6 Å². The van der Waals surface area contributed by atoms with Crippen LogP contribution in [-0.4, -0.2) is 28.9 Å². The number of nitrogens with one attached hydrogen (secondary N) is 1. The number of carbonyl (C=O) groups is 1. The van der Waals surface area contributed by atoms with Gasteiger partial charge in [-0.15, -0.1) is 0 Å². The van der Waals surface area contributed by atoms with Crippen molar-refractivity contribution in [2.24, 2.45) is 0 Å². The first-order valence-corrected chi connectivity index (χ1v) is 10.5. The minimum atomic E-state index is -0.562. The Balaban J connectivity index is 2.57. The highest BCUT2D eigenvalue weighted by Gasteiger charge is 2.24. The molecule has 0 saturated carbocycles. The van der Waals surface area contributed by atoms with Crippen LogP contribution in [0.15, 0.2) is 30.8 Å². The molecule has 4 heteroatoms. The summed E-state index contributed by atoms with van der Waals surface area (Å²) in [6, 6.07) is 8.33. The third kappa shape index (κ3) is 9.41. The summed E-state index contributed by atoms with van der Waals surface area (Å²) in [6.07, 6.45) is 5.60. The van der Waals surface area contributed by atoms with E-state index in [1.54, 1.807) is 0 Å². The van der Waals surface area contributed by atoms with E-state index in [0.717, 1.165) is 49.7 Å². The average Bonchev–Trinajstić information content (AvgIpc) is 2.59. The molecule has 0 aliphatic rings. The molecule has 1 amide bonds. The van der Waals surface area contributed by atoms with Gasteiger partial charge in [0.2, 0.25) is 0 Å². The molecule has 1 rings (SSSR count). The normalized spacial score (nSPS) is 11.9. The molecular formula is C24H39NO3. The summed E-state index contributed by atoms with van der Waals surface area (Å²) in [5.41, 5.74) is 2.22. The van der Waals surface area contributed by atoms with Gasteiger partial charge in [0.15, 0.2) is 0 Å². The molecule has 1 aromatic carbocycles. The van der Waals surface area contributed by atoms with E-state index >= 15 is 0 Å². The van der Waals surface area contributed by atoms with Gasteiger partial charge in [-0.1, -0.05) is 57.5 Å². The molecule has 0 aromatic heterocycles. The van der Waals surface area contributed by atoms with Gasteiger partial charge in [0.05, 0.1) is 5.60 Å². The van der Waals surface area contributed by atoms with Gasteiger partial charge in [-0.25, -0.2) is 4.79 Å². The first-order chi connectivity index (χ1) is 13.1. The largest absolute Gasteiger partial charge is 0.444 e. The lowest BCUT2D eigenvalue weighted by Crippen LogP contribution is -2.33. The SMILES string of the molecule is C=C(CCNC(=O)OC(C)(C)C)c1cccc(CCC(O)(CCC)CCC)c1. The van der Waals surface area contributed by atoms with Crippen molar-refractivity contribution < 1.29 is 14.6 Å². The predicted octanol–water partition coefficient (Wildman–Crippen LogP) is 5.88. The van der Waals surface area contributed by atoms with Crippen LogP contribution in [-0.2, 0) is 11.2 Å². The van der Waals surface area contributed by atoms with Gasteiger partial charge in [-0.3, -0.25) is 0 Å². The highest BCUT2D eigenvalue weighted by Crippen LogP contribution is 2.26. The number of aryl methyl sites for hydroxylation is 1. The number of alkyl carbamates (subject to hydrolysis) is 1. The molecule has 28 heavy (non-hydrogen) atoms. The zero-order chi connectivity index (χ0) is 21.2. The summed E-state index contributed by atoms with van der Waals surface area (Å²) in [4.78, 5) is 11.7. The lowest BCUT2D eigenvalue weighted by atomic mass is 9.86. The molecule has 0 spiro atoms. The lowest BCUT2D eigenvalue weighted by molar-refractivity contribution is 0.0132. The van der Waals surface area contributed by atoms with Crippen molar-refractivity contribution in [2.45, 2.75) is 90.8 Å². The van der Waals surface area contributed by atoms with Crippen LogP contribution >= 0.6 is 0 Å². The fraction of sp³-hybridized carbons (Fsp3) is 0.625. The van der Waals surface area contributed by atoms with Crippen LogP contribution in [0.1, 0.15) is 84.3 Å². The second-order valence-corrected chi connectivity index (χ2v) is 8.71. The number of benzene rings is 1. The fourth-order valence-electron chi connectivity index (χ4n) is 3.40. The first-order valence-electron chi connectivity index (χ1n) is 10.5. The molecule has 0 atom stereocenters. The second-order valence-electron chi connectivity index (χ2n) is 8.71. The fourth-order valence-corrected chi connectivity index (χ4v) is 3.40. The van der Waals surface area contributed by atoms with Crippen molar-refractivity contribution in [2.75, 3.05) is 6.54 Å². The van der Waals surface area contributed by atoms with Gasteiger partial charge >= 0.3 is 6.09 Å². The van der Waals surface area contributed by atoms with Crippen molar-refractivity contribution in [3.05, 3.63) is 42.0 Å². The molecule has 0 saturated heterocycles. The van der Waals surface area contributed by atoms with Gasteiger partial charge in [-0.2, -0.15) is 0 Å². The summed E-state index contributed by atoms with van der Waals surface area (Å²) in [5, 5.41) is 13.6. The summed E-state index contributed by atoms with van der Waals surface area (Å²) < 4.78 is 5.24. The van der Waals surface area contributed by atoms with E-state index in [1.165, 1.54) is 5.56 Å². The number of amides is 1. The van der Waals surface area contributed by atoms with Gasteiger partial charge in [0.1, 0.15) is 5.60 Å². The summed E-state index contributed by atoms with van der Waals surface area (Å²) in [7, 11) is 0. The first kappa shape index (κ1) is 24.2. The smallest absolute Gasteiger partial charge is 0.407 e. The predicted molar refractivity (Wildman–Crippen MR) is 117 cm³/mol. The third-order valence-corrected chi connectivity index (χ3v) is 4.74. The van der Waals surface area contributed by atoms with Gasteiger partial charge < -0.3 is 15.2 Å². The van der Waals surface area contributed by atoms with Crippen molar-refractivity contribution in [1.82, 2.24) is 5.32 Å². The van der Waals surface area contributed by atoms with Crippen LogP contribution in [0.5, 0.6) is 0 Å². The van der Waals surface area contributed by atoms with Crippen LogP contribution in [0.2, 0.25) is 0 Å². The Kier molecular flexibility index (Phi) is 9.74. The van der Waals surface area contributed by atoms with Crippen molar-refractivity contribution in [1.29, 1.82) is 0 Å². The monoisotopic (exact) mass is 389 g/mol. The Morgan fingerprint density at radius 1 is 1.14 bits per heavy atom. The van der Waals surface area contributed by atoms with E-state index < -0.39 is 17.3 Å². The number of hydrogen-bond acceptors (Lipinski definition) is 3. The van der Waals surface area contributed by atoms with Gasteiger partial charge in [0.25, 0.3) is 0 Å². The van der Waals surface area contributed by atoms with Crippen LogP contribution in [0, 0.1) is 0 Å². The molecule has 0 fully saturated rings. The Morgan fingerprint density at radius 3 is 2.36 bits per heavy atom. The average molecular weight is 390 g/mol. The summed E-state index contributed by atoms with van der Waals surface area (Å²) in [5.74, 6) is 0. The van der Waals surface area contributed by atoms with Gasteiger partial charge in [0, 0.05) is 6.54 Å². The summed E-state index contributed by atoms with van der Waals surface area (Å²) >= 11 is 0. The van der Waals surface area contributed by atoms with Crippen molar-refractivity contribution >= 4 is 11.7 Å². The van der Waals surface area contributed by atoms with E-state index in [2.05, 4.69) is 37.9 Å². The number of carbonyl (C=O) groups excluding carboxylic acids is 1. The Hall–Kier alpha value is -1.81. The molecular weight excluding hydrogens is 350 g/mol. The van der Waals surface area contributed by atoms with Crippen LogP contribution in [0.4, 0.5) is 4.79 Å². The number of aliphatic hydroxyl groups is 1. The molecule has 4 nitrogen and oxygen atoms in total. The molecule has 0 aliphatic heterocycles. The Labute approximate surface area is 171 Å². The Morgan fingerprint density at radius 2 is 1.79 bits per heavy atom. The second kappa shape index (κ2) is 11.3. The zero-order valence-corrected chi connectivity index (χ0v) is 18.4.